The van der Waals surface area contributed by atoms with Crippen molar-refractivity contribution in [3.8, 4) is 5.75 Å². The molecule has 0 aliphatic rings. The summed E-state index contributed by atoms with van der Waals surface area (Å²) in [7, 11) is 0. The second-order valence-corrected chi connectivity index (χ2v) is 5.55. The molecule has 130 valence electrons. The van der Waals surface area contributed by atoms with Gasteiger partial charge < -0.3 is 15.8 Å². The van der Waals surface area contributed by atoms with Gasteiger partial charge in [-0.3, -0.25) is 14.6 Å². The summed E-state index contributed by atoms with van der Waals surface area (Å²) in [5.41, 5.74) is 7.82. The zero-order valence-corrected chi connectivity index (χ0v) is 14.3. The van der Waals surface area contributed by atoms with Crippen LogP contribution in [-0.2, 0) is 17.9 Å². The van der Waals surface area contributed by atoms with E-state index in [1.54, 1.807) is 31.2 Å². The molecule has 0 aliphatic carbocycles. The van der Waals surface area contributed by atoms with Crippen LogP contribution in [0.2, 0.25) is 0 Å². The van der Waals surface area contributed by atoms with Crippen molar-refractivity contribution in [2.75, 3.05) is 0 Å². The number of hydrogen-bond donors (Lipinski definition) is 2. The van der Waals surface area contributed by atoms with E-state index in [9.17, 15) is 9.59 Å². The van der Waals surface area contributed by atoms with E-state index in [2.05, 4.69) is 10.3 Å². The molecule has 6 nitrogen and oxygen atoms in total. The van der Waals surface area contributed by atoms with Crippen LogP contribution < -0.4 is 15.8 Å². The molecule has 0 atom stereocenters. The predicted octanol–water partition coefficient (Wildman–Crippen LogP) is 2.42. The maximum atomic E-state index is 12.4. The van der Waals surface area contributed by atoms with Crippen LogP contribution in [0.1, 0.15) is 35.3 Å². The number of amides is 1. The highest BCUT2D eigenvalue weighted by Crippen LogP contribution is 2.18. The van der Waals surface area contributed by atoms with Crippen LogP contribution in [-0.4, -0.2) is 17.7 Å². The molecule has 0 saturated heterocycles. The molecular weight excluding hydrogens is 318 g/mol. The summed E-state index contributed by atoms with van der Waals surface area (Å²) >= 11 is 0. The van der Waals surface area contributed by atoms with Gasteiger partial charge in [-0.15, -0.1) is 0 Å². The average Bonchev–Trinajstić information content (AvgIpc) is 2.58. The fourth-order valence-electron chi connectivity index (χ4n) is 2.23. The van der Waals surface area contributed by atoms with Crippen molar-refractivity contribution >= 4 is 17.7 Å². The highest BCUT2D eigenvalue weighted by atomic mass is 16.5. The Morgan fingerprint density at radius 2 is 1.80 bits per heavy atom. The predicted molar refractivity (Wildman–Crippen MR) is 96.4 cm³/mol. The highest BCUT2D eigenvalue weighted by molar-refractivity contribution is 5.97. The third-order valence-corrected chi connectivity index (χ3v) is 3.34. The zero-order valence-electron chi connectivity index (χ0n) is 14.3. The first kappa shape index (κ1) is 18.2. The molecule has 0 bridgehead atoms. The number of rotatable bonds is 6. The quantitative estimate of drug-likeness (QED) is 0.366. The van der Waals surface area contributed by atoms with Crippen molar-refractivity contribution < 1.29 is 14.3 Å². The molecule has 0 aromatic heterocycles. The van der Waals surface area contributed by atoms with Crippen molar-refractivity contribution in [3.05, 3.63) is 65.2 Å². The Balaban J connectivity index is 2.04. The van der Waals surface area contributed by atoms with Crippen molar-refractivity contribution in [2.45, 2.75) is 26.9 Å². The first-order chi connectivity index (χ1) is 12.0. The van der Waals surface area contributed by atoms with Crippen LogP contribution in [0.3, 0.4) is 0 Å². The topological polar surface area (TPSA) is 93.8 Å². The summed E-state index contributed by atoms with van der Waals surface area (Å²) in [4.78, 5) is 27.7. The summed E-state index contributed by atoms with van der Waals surface area (Å²) in [6, 6.07) is 14.4. The summed E-state index contributed by atoms with van der Waals surface area (Å²) in [6.45, 7) is 3.89. The van der Waals surface area contributed by atoms with Gasteiger partial charge in [0.25, 0.3) is 5.91 Å². The van der Waals surface area contributed by atoms with Crippen LogP contribution >= 0.6 is 0 Å². The van der Waals surface area contributed by atoms with Crippen LogP contribution in [0.15, 0.2) is 53.5 Å². The van der Waals surface area contributed by atoms with Crippen molar-refractivity contribution in [3.63, 3.8) is 0 Å². The molecule has 6 heteroatoms. The number of esters is 1. The van der Waals surface area contributed by atoms with E-state index in [1.165, 1.54) is 6.92 Å². The zero-order chi connectivity index (χ0) is 18.2. The molecule has 0 radical (unpaired) electrons. The monoisotopic (exact) mass is 339 g/mol. The Labute approximate surface area is 146 Å². The van der Waals surface area contributed by atoms with E-state index < -0.39 is 5.97 Å². The molecule has 0 unspecified atom stereocenters. The van der Waals surface area contributed by atoms with Gasteiger partial charge in [0.2, 0.25) is 0 Å². The smallest absolute Gasteiger partial charge is 0.308 e. The third kappa shape index (κ3) is 5.76. The number of nitrogens with zero attached hydrogens (tertiary/aromatic N) is 1. The fourth-order valence-corrected chi connectivity index (χ4v) is 2.23. The molecule has 0 fully saturated rings. The lowest BCUT2D eigenvalue weighted by atomic mass is 10.1. The number of amidine groups is 1. The standard InChI is InChI=1S/C19H21N3O3/c1-13(20)21-11-15-6-5-7-16(10-15)12-22-19(24)17-8-3-4-9-18(17)25-14(2)23/h3-10H,11-12H2,1-2H3,(H2,20,21)(H,22,24). The van der Waals surface area contributed by atoms with Crippen LogP contribution in [0.4, 0.5) is 0 Å². The number of nitrogens with one attached hydrogen (secondary N) is 1. The molecular formula is C19H21N3O3. The second kappa shape index (κ2) is 8.63. The summed E-state index contributed by atoms with van der Waals surface area (Å²) in [6.07, 6.45) is 0. The Hall–Kier alpha value is -3.15. The van der Waals surface area contributed by atoms with Crippen LogP contribution in [0, 0.1) is 0 Å². The van der Waals surface area contributed by atoms with Gasteiger partial charge in [0.15, 0.2) is 0 Å². The average molecular weight is 339 g/mol. The van der Waals surface area contributed by atoms with Gasteiger partial charge in [0.1, 0.15) is 5.75 Å². The van der Waals surface area contributed by atoms with Gasteiger partial charge in [0, 0.05) is 13.5 Å². The summed E-state index contributed by atoms with van der Waals surface area (Å²) < 4.78 is 5.07. The molecule has 3 N–H and O–H groups in total. The maximum Gasteiger partial charge on any atom is 0.308 e. The number of carbonyl (C=O) groups excluding carboxylic acids is 2. The molecule has 1 amide bonds. The Kier molecular flexibility index (Phi) is 6.28. The van der Waals surface area contributed by atoms with Gasteiger partial charge >= 0.3 is 5.97 Å². The molecule has 0 spiro atoms. The number of carbonyl (C=O) groups is 2. The molecule has 2 aromatic carbocycles. The number of ether oxygens (including phenoxy) is 1. The van der Waals surface area contributed by atoms with Crippen molar-refractivity contribution in [1.82, 2.24) is 5.32 Å². The molecule has 0 heterocycles. The van der Waals surface area contributed by atoms with E-state index in [4.69, 9.17) is 10.5 Å². The van der Waals surface area contributed by atoms with Crippen molar-refractivity contribution in [1.29, 1.82) is 0 Å². The number of nitrogens with two attached hydrogens (primary N) is 1. The van der Waals surface area contributed by atoms with Crippen LogP contribution in [0.25, 0.3) is 0 Å². The van der Waals surface area contributed by atoms with E-state index in [1.807, 2.05) is 24.3 Å². The fraction of sp³-hybridized carbons (Fsp3) is 0.211. The maximum absolute atomic E-state index is 12.4. The van der Waals surface area contributed by atoms with Gasteiger partial charge in [-0.2, -0.15) is 0 Å². The van der Waals surface area contributed by atoms with Crippen LogP contribution in [0.5, 0.6) is 5.75 Å². The first-order valence-electron chi connectivity index (χ1n) is 7.85. The number of para-hydroxylation sites is 1. The Morgan fingerprint density at radius 1 is 1.08 bits per heavy atom. The van der Waals surface area contributed by atoms with E-state index in [0.717, 1.165) is 11.1 Å². The minimum Gasteiger partial charge on any atom is -0.426 e. The van der Waals surface area contributed by atoms with Crippen molar-refractivity contribution in [2.24, 2.45) is 10.7 Å². The van der Waals surface area contributed by atoms with Gasteiger partial charge in [0.05, 0.1) is 17.9 Å². The minimum atomic E-state index is -0.469. The van der Waals surface area contributed by atoms with Gasteiger partial charge in [-0.1, -0.05) is 36.4 Å². The lowest BCUT2D eigenvalue weighted by Crippen LogP contribution is -2.23. The third-order valence-electron chi connectivity index (χ3n) is 3.34. The van der Waals surface area contributed by atoms with E-state index in [0.29, 0.717) is 24.5 Å². The van der Waals surface area contributed by atoms with Gasteiger partial charge in [-0.05, 0) is 30.2 Å². The summed E-state index contributed by atoms with van der Waals surface area (Å²) in [5.74, 6) is -0.00317. The Bertz CT molecular complexity index is 796. The minimum absolute atomic E-state index is 0.244. The number of hydrogen-bond acceptors (Lipinski definition) is 4. The first-order valence-corrected chi connectivity index (χ1v) is 7.85. The SMILES string of the molecule is CC(=O)Oc1ccccc1C(=O)NCc1cccc(CN=C(C)N)c1. The summed E-state index contributed by atoms with van der Waals surface area (Å²) in [5, 5.41) is 2.83. The second-order valence-electron chi connectivity index (χ2n) is 5.55. The lowest BCUT2D eigenvalue weighted by Gasteiger charge is -2.10. The largest absolute Gasteiger partial charge is 0.426 e. The van der Waals surface area contributed by atoms with E-state index in [-0.39, 0.29) is 11.7 Å². The molecule has 0 aliphatic heterocycles. The number of benzene rings is 2. The van der Waals surface area contributed by atoms with E-state index >= 15 is 0 Å². The molecule has 2 aromatic rings. The molecule has 0 saturated carbocycles. The normalized spacial score (nSPS) is 11.0. The highest BCUT2D eigenvalue weighted by Gasteiger charge is 2.13. The Morgan fingerprint density at radius 3 is 2.52 bits per heavy atom. The molecule has 2 rings (SSSR count). The molecule has 25 heavy (non-hydrogen) atoms. The van der Waals surface area contributed by atoms with Gasteiger partial charge in [-0.25, -0.2) is 0 Å². The lowest BCUT2D eigenvalue weighted by molar-refractivity contribution is -0.131. The number of aliphatic imine (C=N–C) groups is 1.